The Morgan fingerprint density at radius 1 is 1.15 bits per heavy atom. The Morgan fingerprint density at radius 3 is 2.62 bits per heavy atom. The van der Waals surface area contributed by atoms with Gasteiger partial charge in [0.15, 0.2) is 15.8 Å². The molecule has 26 heavy (non-hydrogen) atoms. The van der Waals surface area contributed by atoms with Crippen LogP contribution in [-0.4, -0.2) is 23.9 Å². The number of carbonyl (C=O) groups excluding carboxylic acids is 1. The molecule has 0 radical (unpaired) electrons. The second-order valence-electron chi connectivity index (χ2n) is 5.61. The van der Waals surface area contributed by atoms with Crippen molar-refractivity contribution in [2.24, 2.45) is 0 Å². The second-order valence-corrected chi connectivity index (χ2v) is 7.29. The molecular weight excluding hydrogens is 366 g/mol. The van der Waals surface area contributed by atoms with Crippen molar-refractivity contribution in [2.75, 3.05) is 18.6 Å². The lowest BCUT2D eigenvalue weighted by Crippen LogP contribution is -2.27. The number of thiocarbonyl (C=S) groups is 1. The molecule has 0 N–H and O–H groups in total. The van der Waals surface area contributed by atoms with Gasteiger partial charge in [-0.2, -0.15) is 0 Å². The lowest BCUT2D eigenvalue weighted by molar-refractivity contribution is -0.113. The summed E-state index contributed by atoms with van der Waals surface area (Å²) in [6.45, 7) is 2.68. The fourth-order valence-corrected chi connectivity index (χ4v) is 3.82. The Bertz CT molecular complexity index is 849. The molecule has 1 fully saturated rings. The maximum atomic E-state index is 12.8. The van der Waals surface area contributed by atoms with E-state index in [4.69, 9.17) is 21.7 Å². The van der Waals surface area contributed by atoms with Crippen LogP contribution >= 0.6 is 24.0 Å². The van der Waals surface area contributed by atoms with Crippen molar-refractivity contribution < 1.29 is 14.3 Å². The predicted octanol–water partition coefficient (Wildman–Crippen LogP) is 4.89. The molecule has 1 aliphatic heterocycles. The minimum absolute atomic E-state index is 0.114. The van der Waals surface area contributed by atoms with E-state index in [1.165, 1.54) is 11.8 Å². The molecule has 1 saturated heterocycles. The number of nitrogens with zero attached hydrogens (tertiary/aromatic N) is 1. The highest BCUT2D eigenvalue weighted by Gasteiger charge is 2.33. The lowest BCUT2D eigenvalue weighted by Gasteiger charge is -2.13. The maximum absolute atomic E-state index is 12.8. The lowest BCUT2D eigenvalue weighted by atomic mass is 10.2. The Labute approximate surface area is 162 Å². The normalized spacial score (nSPS) is 15.6. The largest absolute Gasteiger partial charge is 0.493 e. The Morgan fingerprint density at radius 2 is 1.92 bits per heavy atom. The summed E-state index contributed by atoms with van der Waals surface area (Å²) in [7, 11) is 1.60. The zero-order valence-electron chi connectivity index (χ0n) is 14.6. The minimum Gasteiger partial charge on any atom is -0.493 e. The molecule has 134 valence electrons. The number of hydrogen-bond acceptors (Lipinski definition) is 5. The number of thioether (sulfide) groups is 1. The smallest absolute Gasteiger partial charge is 0.270 e. The number of carbonyl (C=O) groups is 1. The SMILES string of the molecule is CCCOc1ccc(/C=C2/SC(=S)N(c3ccccc3)C2=O)cc1OC. The summed E-state index contributed by atoms with van der Waals surface area (Å²) < 4.78 is 11.6. The number of benzene rings is 2. The van der Waals surface area contributed by atoms with E-state index >= 15 is 0 Å². The van der Waals surface area contributed by atoms with Crippen LogP contribution in [0.2, 0.25) is 0 Å². The van der Waals surface area contributed by atoms with E-state index in [0.717, 1.165) is 17.7 Å². The van der Waals surface area contributed by atoms with Crippen LogP contribution in [0.15, 0.2) is 53.4 Å². The topological polar surface area (TPSA) is 38.8 Å². The molecule has 0 atom stereocenters. The zero-order chi connectivity index (χ0) is 18.5. The Hall–Kier alpha value is -2.31. The van der Waals surface area contributed by atoms with E-state index in [2.05, 4.69) is 6.92 Å². The summed E-state index contributed by atoms with van der Waals surface area (Å²) in [6, 6.07) is 15.1. The molecule has 6 heteroatoms. The number of methoxy groups -OCH3 is 1. The average molecular weight is 386 g/mol. The van der Waals surface area contributed by atoms with Gasteiger partial charge in [0, 0.05) is 0 Å². The van der Waals surface area contributed by atoms with Crippen LogP contribution in [0.1, 0.15) is 18.9 Å². The molecule has 0 unspecified atom stereocenters. The molecule has 2 aromatic rings. The number of para-hydroxylation sites is 1. The van der Waals surface area contributed by atoms with Crippen molar-refractivity contribution in [1.29, 1.82) is 0 Å². The predicted molar refractivity (Wildman–Crippen MR) is 111 cm³/mol. The molecule has 1 heterocycles. The Balaban J connectivity index is 1.86. The van der Waals surface area contributed by atoms with Crippen molar-refractivity contribution in [3.05, 3.63) is 59.0 Å². The van der Waals surface area contributed by atoms with Crippen molar-refractivity contribution in [3.8, 4) is 11.5 Å². The molecule has 3 rings (SSSR count). The van der Waals surface area contributed by atoms with Crippen molar-refractivity contribution in [2.45, 2.75) is 13.3 Å². The second kappa shape index (κ2) is 8.38. The van der Waals surface area contributed by atoms with Gasteiger partial charge in [0.05, 0.1) is 24.3 Å². The molecular formula is C20H19NO3S2. The molecule has 2 aromatic carbocycles. The fourth-order valence-electron chi connectivity index (χ4n) is 2.52. The summed E-state index contributed by atoms with van der Waals surface area (Å²) in [6.07, 6.45) is 2.75. The first-order valence-corrected chi connectivity index (χ1v) is 9.50. The molecule has 1 amide bonds. The first kappa shape index (κ1) is 18.5. The summed E-state index contributed by atoms with van der Waals surface area (Å²) in [5.41, 5.74) is 1.64. The maximum Gasteiger partial charge on any atom is 0.270 e. The average Bonchev–Trinajstić information content (AvgIpc) is 2.94. The van der Waals surface area contributed by atoms with Gasteiger partial charge in [-0.15, -0.1) is 0 Å². The minimum atomic E-state index is -0.114. The monoisotopic (exact) mass is 385 g/mol. The van der Waals surface area contributed by atoms with Gasteiger partial charge in [0.2, 0.25) is 0 Å². The number of anilines is 1. The molecule has 0 aromatic heterocycles. The van der Waals surface area contributed by atoms with E-state index in [1.54, 1.807) is 12.0 Å². The number of ether oxygens (including phenoxy) is 2. The first-order valence-electron chi connectivity index (χ1n) is 8.28. The van der Waals surface area contributed by atoms with Gasteiger partial charge in [0.25, 0.3) is 5.91 Å². The number of hydrogen-bond donors (Lipinski definition) is 0. The highest BCUT2D eigenvalue weighted by molar-refractivity contribution is 8.27. The molecule has 0 saturated carbocycles. The van der Waals surface area contributed by atoms with Crippen molar-refractivity contribution in [3.63, 3.8) is 0 Å². The molecule has 0 aliphatic carbocycles. The molecule has 0 spiro atoms. The standard InChI is InChI=1S/C20H19NO3S2/c1-3-11-24-16-10-9-14(12-17(16)23-2)13-18-19(22)21(20(25)26-18)15-7-5-4-6-8-15/h4-10,12-13H,3,11H2,1-2H3/b18-13+. The van der Waals surface area contributed by atoms with Gasteiger partial charge in [-0.25, -0.2) is 0 Å². The van der Waals surface area contributed by atoms with E-state index in [9.17, 15) is 4.79 Å². The van der Waals surface area contributed by atoms with Crippen LogP contribution < -0.4 is 14.4 Å². The van der Waals surface area contributed by atoms with Crippen LogP contribution in [0.25, 0.3) is 6.08 Å². The quantitative estimate of drug-likeness (QED) is 0.523. The summed E-state index contributed by atoms with van der Waals surface area (Å²) in [5.74, 6) is 1.23. The number of amides is 1. The van der Waals surface area contributed by atoms with Crippen molar-refractivity contribution in [1.82, 2.24) is 0 Å². The van der Waals surface area contributed by atoms with E-state index in [0.29, 0.717) is 27.3 Å². The van der Waals surface area contributed by atoms with E-state index in [1.807, 2.05) is 54.6 Å². The highest BCUT2D eigenvalue weighted by atomic mass is 32.2. The Kier molecular flexibility index (Phi) is 5.96. The third kappa shape index (κ3) is 3.92. The van der Waals surface area contributed by atoms with E-state index < -0.39 is 0 Å². The van der Waals surface area contributed by atoms with Crippen LogP contribution in [0.3, 0.4) is 0 Å². The highest BCUT2D eigenvalue weighted by Crippen LogP contribution is 2.37. The molecule has 0 bridgehead atoms. The number of rotatable bonds is 6. The van der Waals surface area contributed by atoms with Crippen molar-refractivity contribution >= 4 is 46.0 Å². The van der Waals surface area contributed by atoms with Gasteiger partial charge in [-0.3, -0.25) is 9.69 Å². The molecule has 1 aliphatic rings. The van der Waals surface area contributed by atoms with E-state index in [-0.39, 0.29) is 5.91 Å². The van der Waals surface area contributed by atoms with Crippen LogP contribution in [-0.2, 0) is 4.79 Å². The molecule has 4 nitrogen and oxygen atoms in total. The van der Waals surface area contributed by atoms with Gasteiger partial charge in [0.1, 0.15) is 0 Å². The zero-order valence-corrected chi connectivity index (χ0v) is 16.2. The fraction of sp³-hybridized carbons (Fsp3) is 0.200. The third-order valence-electron chi connectivity index (χ3n) is 3.76. The van der Waals surface area contributed by atoms with Gasteiger partial charge in [-0.1, -0.05) is 55.2 Å². The summed E-state index contributed by atoms with van der Waals surface area (Å²) in [4.78, 5) is 14.9. The van der Waals surface area contributed by atoms with Crippen LogP contribution in [0.5, 0.6) is 11.5 Å². The summed E-state index contributed by atoms with van der Waals surface area (Å²) >= 11 is 6.69. The summed E-state index contributed by atoms with van der Waals surface area (Å²) in [5, 5.41) is 0. The van der Waals surface area contributed by atoms with Gasteiger partial charge >= 0.3 is 0 Å². The van der Waals surface area contributed by atoms with Crippen LogP contribution in [0.4, 0.5) is 5.69 Å². The van der Waals surface area contributed by atoms with Gasteiger partial charge < -0.3 is 9.47 Å². The van der Waals surface area contributed by atoms with Crippen LogP contribution in [0, 0.1) is 0 Å². The third-order valence-corrected chi connectivity index (χ3v) is 5.06. The van der Waals surface area contributed by atoms with Gasteiger partial charge in [-0.05, 0) is 42.3 Å². The first-order chi connectivity index (χ1) is 12.6.